The number of hydrogen-bond acceptors (Lipinski definition) is 5. The molecule has 0 aliphatic heterocycles. The summed E-state index contributed by atoms with van der Waals surface area (Å²) >= 11 is 2.25. The van der Waals surface area contributed by atoms with E-state index in [1.165, 1.54) is 0 Å². The zero-order chi connectivity index (χ0) is 15.6. The van der Waals surface area contributed by atoms with Crippen molar-refractivity contribution in [2.75, 3.05) is 5.43 Å². The van der Waals surface area contributed by atoms with Gasteiger partial charge in [0.1, 0.15) is 11.6 Å². The molecule has 6 heteroatoms. The average Bonchev–Trinajstić information content (AvgIpc) is 2.40. The fraction of sp³-hybridized carbons (Fsp3) is 0.333. The van der Waals surface area contributed by atoms with E-state index in [2.05, 4.69) is 38.0 Å². The molecular weight excluding hydrogens is 379 g/mol. The van der Waals surface area contributed by atoms with Gasteiger partial charge in [0.15, 0.2) is 5.82 Å². The molecule has 0 bridgehead atoms. The SMILES string of the molecule is Cc1c(NN)nc(C(C)(C)C)nc1Oc1cccc(I)c1. The number of nitrogens with zero attached hydrogens (tertiary/aromatic N) is 2. The van der Waals surface area contributed by atoms with Gasteiger partial charge in [0.2, 0.25) is 5.88 Å². The number of hydrogen-bond donors (Lipinski definition) is 2. The molecular formula is C15H19IN4O. The van der Waals surface area contributed by atoms with Crippen molar-refractivity contribution in [3.63, 3.8) is 0 Å². The molecule has 1 heterocycles. The number of nitrogens with one attached hydrogen (secondary N) is 1. The first kappa shape index (κ1) is 16.0. The summed E-state index contributed by atoms with van der Waals surface area (Å²) in [5, 5.41) is 0. The highest BCUT2D eigenvalue weighted by atomic mass is 127. The van der Waals surface area contributed by atoms with E-state index < -0.39 is 0 Å². The maximum atomic E-state index is 5.92. The van der Waals surface area contributed by atoms with E-state index in [0.29, 0.717) is 17.5 Å². The highest BCUT2D eigenvalue weighted by Crippen LogP contribution is 2.30. The Labute approximate surface area is 138 Å². The predicted octanol–water partition coefficient (Wildman–Crippen LogP) is 3.77. The van der Waals surface area contributed by atoms with Crippen molar-refractivity contribution in [1.82, 2.24) is 9.97 Å². The normalized spacial score (nSPS) is 11.3. The number of nitrogen functional groups attached to an aromatic ring is 1. The third kappa shape index (κ3) is 3.82. The first-order chi connectivity index (χ1) is 9.81. The van der Waals surface area contributed by atoms with Crippen molar-refractivity contribution >= 4 is 28.4 Å². The Morgan fingerprint density at radius 2 is 1.95 bits per heavy atom. The number of halogens is 1. The van der Waals surface area contributed by atoms with Crippen LogP contribution in [0.15, 0.2) is 24.3 Å². The molecule has 5 nitrogen and oxygen atoms in total. The average molecular weight is 398 g/mol. The first-order valence-electron chi connectivity index (χ1n) is 6.60. The summed E-state index contributed by atoms with van der Waals surface area (Å²) in [5.74, 6) is 8.07. The number of hydrazine groups is 1. The second-order valence-corrected chi connectivity index (χ2v) is 7.03. The monoisotopic (exact) mass is 398 g/mol. The molecule has 0 amide bonds. The van der Waals surface area contributed by atoms with Crippen LogP contribution in [0.5, 0.6) is 11.6 Å². The molecule has 0 fully saturated rings. The Morgan fingerprint density at radius 1 is 1.24 bits per heavy atom. The van der Waals surface area contributed by atoms with Crippen LogP contribution in [0.4, 0.5) is 5.82 Å². The van der Waals surface area contributed by atoms with Gasteiger partial charge in [-0.2, -0.15) is 4.98 Å². The van der Waals surface area contributed by atoms with Crippen LogP contribution in [0, 0.1) is 10.5 Å². The van der Waals surface area contributed by atoms with E-state index in [1.54, 1.807) is 0 Å². The molecule has 0 unspecified atom stereocenters. The van der Waals surface area contributed by atoms with E-state index >= 15 is 0 Å². The van der Waals surface area contributed by atoms with Crippen LogP contribution in [0.3, 0.4) is 0 Å². The van der Waals surface area contributed by atoms with Crippen LogP contribution in [0.1, 0.15) is 32.2 Å². The molecule has 0 aliphatic carbocycles. The van der Waals surface area contributed by atoms with Gasteiger partial charge < -0.3 is 10.2 Å². The van der Waals surface area contributed by atoms with Gasteiger partial charge in [-0.25, -0.2) is 10.8 Å². The highest BCUT2D eigenvalue weighted by molar-refractivity contribution is 14.1. The van der Waals surface area contributed by atoms with E-state index in [1.807, 2.05) is 52.0 Å². The molecule has 0 saturated carbocycles. The fourth-order valence-electron chi connectivity index (χ4n) is 1.71. The number of rotatable bonds is 3. The third-order valence-corrected chi connectivity index (χ3v) is 3.59. The van der Waals surface area contributed by atoms with Gasteiger partial charge in [-0.1, -0.05) is 26.8 Å². The quantitative estimate of drug-likeness (QED) is 0.468. The summed E-state index contributed by atoms with van der Waals surface area (Å²) in [7, 11) is 0. The van der Waals surface area contributed by atoms with Gasteiger partial charge in [-0.3, -0.25) is 0 Å². The molecule has 112 valence electrons. The van der Waals surface area contributed by atoms with Crippen molar-refractivity contribution in [2.24, 2.45) is 5.84 Å². The molecule has 1 aromatic heterocycles. The molecule has 0 spiro atoms. The minimum absolute atomic E-state index is 0.192. The van der Waals surface area contributed by atoms with Crippen molar-refractivity contribution in [1.29, 1.82) is 0 Å². The molecule has 0 saturated heterocycles. The van der Waals surface area contributed by atoms with Crippen LogP contribution >= 0.6 is 22.6 Å². The maximum absolute atomic E-state index is 5.92. The van der Waals surface area contributed by atoms with Crippen molar-refractivity contribution in [3.8, 4) is 11.6 Å². The molecule has 0 atom stereocenters. The van der Waals surface area contributed by atoms with E-state index in [4.69, 9.17) is 10.6 Å². The van der Waals surface area contributed by atoms with E-state index in [-0.39, 0.29) is 5.41 Å². The summed E-state index contributed by atoms with van der Waals surface area (Å²) in [6.07, 6.45) is 0. The van der Waals surface area contributed by atoms with Crippen molar-refractivity contribution in [3.05, 3.63) is 39.2 Å². The molecule has 21 heavy (non-hydrogen) atoms. The molecule has 1 aromatic carbocycles. The fourth-order valence-corrected chi connectivity index (χ4v) is 2.23. The van der Waals surface area contributed by atoms with Crippen LogP contribution in [0.2, 0.25) is 0 Å². The van der Waals surface area contributed by atoms with Gasteiger partial charge >= 0.3 is 0 Å². The summed E-state index contributed by atoms with van der Waals surface area (Å²) in [6.45, 7) is 8.03. The maximum Gasteiger partial charge on any atom is 0.227 e. The highest BCUT2D eigenvalue weighted by Gasteiger charge is 2.22. The third-order valence-electron chi connectivity index (χ3n) is 2.92. The zero-order valence-corrected chi connectivity index (χ0v) is 14.7. The first-order valence-corrected chi connectivity index (χ1v) is 7.68. The van der Waals surface area contributed by atoms with E-state index in [0.717, 1.165) is 14.9 Å². The second kappa shape index (κ2) is 6.15. The predicted molar refractivity (Wildman–Crippen MR) is 92.5 cm³/mol. The van der Waals surface area contributed by atoms with Crippen LogP contribution in [-0.2, 0) is 5.41 Å². The number of anilines is 1. The summed E-state index contributed by atoms with van der Waals surface area (Å²) < 4.78 is 7.02. The van der Waals surface area contributed by atoms with Crippen molar-refractivity contribution < 1.29 is 4.74 Å². The summed E-state index contributed by atoms with van der Waals surface area (Å²) in [5.41, 5.74) is 3.20. The lowest BCUT2D eigenvalue weighted by Gasteiger charge is -2.20. The summed E-state index contributed by atoms with van der Waals surface area (Å²) in [4.78, 5) is 9.00. The molecule has 2 rings (SSSR count). The Balaban J connectivity index is 2.47. The molecule has 0 radical (unpaired) electrons. The standard InChI is InChI=1S/C15H19IN4O/c1-9-12(20-17)18-14(15(2,3)4)19-13(9)21-11-7-5-6-10(16)8-11/h5-8H,17H2,1-4H3,(H,18,19,20). The minimum Gasteiger partial charge on any atom is -0.439 e. The Kier molecular flexibility index (Phi) is 4.67. The second-order valence-electron chi connectivity index (χ2n) is 5.78. The zero-order valence-electron chi connectivity index (χ0n) is 12.6. The Morgan fingerprint density at radius 3 is 2.52 bits per heavy atom. The van der Waals surface area contributed by atoms with Gasteiger partial charge in [0.25, 0.3) is 0 Å². The lowest BCUT2D eigenvalue weighted by molar-refractivity contribution is 0.442. The molecule has 2 aromatic rings. The summed E-state index contributed by atoms with van der Waals surface area (Å²) in [6, 6.07) is 7.80. The minimum atomic E-state index is -0.192. The van der Waals surface area contributed by atoms with E-state index in [9.17, 15) is 0 Å². The van der Waals surface area contributed by atoms with Gasteiger partial charge in [0, 0.05) is 8.99 Å². The van der Waals surface area contributed by atoms with Crippen molar-refractivity contribution in [2.45, 2.75) is 33.1 Å². The topological polar surface area (TPSA) is 73.1 Å². The largest absolute Gasteiger partial charge is 0.439 e. The number of benzene rings is 1. The van der Waals surface area contributed by atoms with Gasteiger partial charge in [-0.05, 0) is 47.7 Å². The number of nitrogens with two attached hydrogens (primary N) is 1. The number of aromatic nitrogens is 2. The Bertz CT molecular complexity index is 653. The Hall–Kier alpha value is -1.41. The smallest absolute Gasteiger partial charge is 0.227 e. The van der Waals surface area contributed by atoms with Crippen LogP contribution in [-0.4, -0.2) is 9.97 Å². The lowest BCUT2D eigenvalue weighted by Crippen LogP contribution is -2.20. The molecule has 0 aliphatic rings. The van der Waals surface area contributed by atoms with Crippen LogP contribution in [0.25, 0.3) is 0 Å². The van der Waals surface area contributed by atoms with Crippen LogP contribution < -0.4 is 16.0 Å². The lowest BCUT2D eigenvalue weighted by atomic mass is 9.95. The van der Waals surface area contributed by atoms with Gasteiger partial charge in [0.05, 0.1) is 5.56 Å². The van der Waals surface area contributed by atoms with Gasteiger partial charge in [-0.15, -0.1) is 0 Å². The molecule has 3 N–H and O–H groups in total. The number of ether oxygens (including phenoxy) is 1.